The Balaban J connectivity index is 1.62. The second-order valence-corrected chi connectivity index (χ2v) is 16.2. The summed E-state index contributed by atoms with van der Waals surface area (Å²) in [5, 5.41) is 19.5. The van der Waals surface area contributed by atoms with Gasteiger partial charge in [0.25, 0.3) is 0 Å². The number of nitrogens with zero attached hydrogens (tertiary/aromatic N) is 3. The summed E-state index contributed by atoms with van der Waals surface area (Å²) >= 11 is 0. The predicted octanol–water partition coefficient (Wildman–Crippen LogP) is 7.47. The number of rotatable bonds is 10. The lowest BCUT2D eigenvalue weighted by molar-refractivity contribution is -0.138. The van der Waals surface area contributed by atoms with E-state index in [4.69, 9.17) is 15.7 Å². The number of carboxylic acid groups (broad SMARTS) is 2. The summed E-state index contributed by atoms with van der Waals surface area (Å²) in [5.41, 5.74) is 19.3. The van der Waals surface area contributed by atoms with E-state index in [0.717, 1.165) is 78.9 Å². The molecule has 0 radical (unpaired) electrons. The zero-order chi connectivity index (χ0) is 41.6. The van der Waals surface area contributed by atoms with Crippen LogP contribution in [0.25, 0.3) is 39.3 Å². The van der Waals surface area contributed by atoms with Gasteiger partial charge in [-0.2, -0.15) is 0 Å². The first-order chi connectivity index (χ1) is 27.6. The highest BCUT2D eigenvalue weighted by Gasteiger charge is 2.67. The standard InChI is InChI=1S/C46H48N6O6/c1-8-26-24(5)41-29-17-30(44(47)58)43-46(9-2)42(29)51-38(45(46,6)31-16-25(21-53)10-13-37(31)52(43)7)20-33-23(4)28(12-15-40(56)57)36(49-33)19-35-27(11-14-39(54)55)22(3)32(48-35)18-34(26)50-41/h10,13,16-21,43,48-49H,8-9,11-12,14-15H2,1-7H3,(H2,47,58)(H,54,55)(H,56,57)/t43-,45+,46+/m1/s1. The predicted molar refractivity (Wildman–Crippen MR) is 225 cm³/mol. The van der Waals surface area contributed by atoms with Gasteiger partial charge >= 0.3 is 11.9 Å². The number of amides is 1. The Kier molecular flexibility index (Phi) is 9.09. The van der Waals surface area contributed by atoms with Crippen molar-refractivity contribution in [1.29, 1.82) is 0 Å². The molecule has 58 heavy (non-hydrogen) atoms. The second-order valence-electron chi connectivity index (χ2n) is 16.2. The second kappa shape index (κ2) is 13.7. The maximum absolute atomic E-state index is 13.8. The fraction of sp³-hybridized carbons (Fsp3) is 0.348. The quantitative estimate of drug-likeness (QED) is 0.101. The Hall–Kier alpha value is -6.30. The molecule has 8 bridgehead atoms. The molecule has 3 atom stereocenters. The number of hydrogen-bond acceptors (Lipinski definition) is 7. The van der Waals surface area contributed by atoms with E-state index in [1.165, 1.54) is 0 Å². The summed E-state index contributed by atoms with van der Waals surface area (Å²) in [6.45, 7) is 12.3. The van der Waals surface area contributed by atoms with Crippen molar-refractivity contribution < 1.29 is 29.4 Å². The number of aromatic nitrogens is 4. The van der Waals surface area contributed by atoms with Crippen molar-refractivity contribution in [3.63, 3.8) is 0 Å². The number of aromatic amines is 2. The number of fused-ring (bicyclic) bond motifs is 11. The minimum atomic E-state index is -0.924. The third-order valence-electron chi connectivity index (χ3n) is 13.6. The normalized spacial score (nSPS) is 20.5. The highest BCUT2D eigenvalue weighted by atomic mass is 16.4. The molecule has 0 saturated heterocycles. The van der Waals surface area contributed by atoms with Gasteiger partial charge in [0, 0.05) is 64.3 Å². The van der Waals surface area contributed by atoms with Crippen LogP contribution in [-0.2, 0) is 38.1 Å². The van der Waals surface area contributed by atoms with Gasteiger partial charge in [0.05, 0.1) is 39.6 Å². The first kappa shape index (κ1) is 38.6. The summed E-state index contributed by atoms with van der Waals surface area (Å²) in [7, 11) is 1.97. The summed E-state index contributed by atoms with van der Waals surface area (Å²) in [6, 6.07) is 11.1. The number of primary amides is 1. The molecular formula is C46H48N6O6. The maximum atomic E-state index is 13.8. The number of aldehydes is 1. The molecule has 1 aromatic carbocycles. The van der Waals surface area contributed by atoms with E-state index in [2.05, 4.69) is 35.6 Å². The van der Waals surface area contributed by atoms with Crippen molar-refractivity contribution in [3.05, 3.63) is 104 Å². The van der Waals surface area contributed by atoms with Crippen LogP contribution in [-0.4, -0.2) is 67.4 Å². The Bertz CT molecular complexity index is 2750. The van der Waals surface area contributed by atoms with Crippen LogP contribution >= 0.6 is 0 Å². The van der Waals surface area contributed by atoms with Crippen LogP contribution in [0.3, 0.4) is 0 Å². The molecular weight excluding hydrogens is 733 g/mol. The van der Waals surface area contributed by atoms with Crippen molar-refractivity contribution in [3.8, 4) is 0 Å². The van der Waals surface area contributed by atoms with Gasteiger partial charge in [0.1, 0.15) is 6.29 Å². The number of aliphatic carboxylic acids is 2. The Morgan fingerprint density at radius 2 is 1.52 bits per heavy atom. The molecule has 3 aromatic heterocycles. The number of H-pyrrole nitrogens is 2. The molecule has 0 spiro atoms. The number of carbonyl (C=O) groups is 4. The Labute approximate surface area is 335 Å². The van der Waals surface area contributed by atoms with Gasteiger partial charge in [-0.05, 0) is 135 Å². The first-order valence-electron chi connectivity index (χ1n) is 19.9. The van der Waals surface area contributed by atoms with E-state index in [1.54, 1.807) is 6.07 Å². The van der Waals surface area contributed by atoms with Gasteiger partial charge in [-0.1, -0.05) is 13.8 Å². The third kappa shape index (κ3) is 5.33. The number of allylic oxidation sites excluding steroid dienone is 2. The molecule has 3 aliphatic heterocycles. The molecule has 12 nitrogen and oxygen atoms in total. The van der Waals surface area contributed by atoms with Crippen molar-refractivity contribution in [2.24, 2.45) is 5.73 Å². The van der Waals surface area contributed by atoms with Crippen LogP contribution in [0, 0.1) is 13.8 Å². The fourth-order valence-electron chi connectivity index (χ4n) is 10.6. The lowest BCUT2D eigenvalue weighted by Crippen LogP contribution is -2.64. The zero-order valence-electron chi connectivity index (χ0n) is 33.9. The number of benzene rings is 1. The van der Waals surface area contributed by atoms with Crippen LogP contribution in [0.15, 0.2) is 42.0 Å². The summed E-state index contributed by atoms with van der Waals surface area (Å²) < 4.78 is 0. The van der Waals surface area contributed by atoms with Crippen LogP contribution in [0.5, 0.6) is 0 Å². The molecule has 0 fully saturated rings. The SMILES string of the molecule is CCC1=C(C)c2nc1cc1[nH]c(cc3[nH]c(cc4nc5c2C=C(C(N)=O)[C@H]2N(C)c6ccc(C=O)cc6[C@]4(C)[C@@]52CC)c(C)c3CCC(=O)O)c(CCC(=O)O)c1C. The average molecular weight is 781 g/mol. The minimum absolute atomic E-state index is 0.0712. The molecule has 1 aliphatic carbocycles. The van der Waals surface area contributed by atoms with Crippen LogP contribution in [0.1, 0.15) is 120 Å². The van der Waals surface area contributed by atoms with E-state index in [9.17, 15) is 29.4 Å². The molecule has 1 amide bonds. The summed E-state index contributed by atoms with van der Waals surface area (Å²) in [4.78, 5) is 70.3. The number of nitrogens with two attached hydrogens (primary N) is 1. The van der Waals surface area contributed by atoms with Crippen LogP contribution in [0.4, 0.5) is 5.69 Å². The number of likely N-dealkylation sites (N-methyl/N-ethyl adjacent to an activating group) is 1. The molecule has 4 aromatic rings. The van der Waals surface area contributed by atoms with Crippen LogP contribution in [0.2, 0.25) is 0 Å². The minimum Gasteiger partial charge on any atom is -0.481 e. The van der Waals surface area contributed by atoms with Crippen molar-refractivity contribution >= 4 is 69.1 Å². The number of nitrogens with one attached hydrogen (secondary N) is 2. The highest BCUT2D eigenvalue weighted by Crippen LogP contribution is 2.64. The van der Waals surface area contributed by atoms with Gasteiger partial charge in [0.15, 0.2) is 0 Å². The Morgan fingerprint density at radius 1 is 0.897 bits per heavy atom. The lowest BCUT2D eigenvalue weighted by atomic mass is 9.49. The fourth-order valence-corrected chi connectivity index (χ4v) is 10.6. The molecule has 4 aliphatic rings. The van der Waals surface area contributed by atoms with E-state index in [0.29, 0.717) is 46.4 Å². The van der Waals surface area contributed by atoms with Gasteiger partial charge in [0.2, 0.25) is 5.91 Å². The molecule has 12 heteroatoms. The van der Waals surface area contributed by atoms with Gasteiger partial charge in [-0.25, -0.2) is 4.98 Å². The first-order valence-corrected chi connectivity index (χ1v) is 19.9. The van der Waals surface area contributed by atoms with Gasteiger partial charge < -0.3 is 30.8 Å². The highest BCUT2D eigenvalue weighted by molar-refractivity contribution is 6.04. The zero-order valence-corrected chi connectivity index (χ0v) is 33.9. The topological polar surface area (TPSA) is 195 Å². The van der Waals surface area contributed by atoms with Crippen molar-refractivity contribution in [2.45, 2.75) is 96.9 Å². The molecule has 6 N–H and O–H groups in total. The molecule has 6 heterocycles. The van der Waals surface area contributed by atoms with Crippen LogP contribution < -0.4 is 10.6 Å². The summed E-state index contributed by atoms with van der Waals surface area (Å²) in [5.74, 6) is -2.38. The molecule has 0 saturated carbocycles. The number of anilines is 1. The smallest absolute Gasteiger partial charge is 0.303 e. The van der Waals surface area contributed by atoms with E-state index in [-0.39, 0.29) is 25.7 Å². The monoisotopic (exact) mass is 780 g/mol. The number of carbonyl (C=O) groups excluding carboxylic acids is 2. The largest absolute Gasteiger partial charge is 0.481 e. The van der Waals surface area contributed by atoms with Gasteiger partial charge in [-0.3, -0.25) is 24.2 Å². The Morgan fingerprint density at radius 3 is 2.07 bits per heavy atom. The van der Waals surface area contributed by atoms with E-state index < -0.39 is 34.7 Å². The van der Waals surface area contributed by atoms with Crippen molar-refractivity contribution in [1.82, 2.24) is 19.9 Å². The van der Waals surface area contributed by atoms with E-state index >= 15 is 0 Å². The molecule has 0 unspecified atom stereocenters. The van der Waals surface area contributed by atoms with E-state index in [1.807, 2.05) is 64.2 Å². The number of carboxylic acids is 2. The number of hydrogen-bond donors (Lipinski definition) is 5. The van der Waals surface area contributed by atoms with Crippen molar-refractivity contribution in [2.75, 3.05) is 11.9 Å². The number of aryl methyl sites for hydroxylation is 4. The summed E-state index contributed by atoms with van der Waals surface area (Å²) in [6.07, 6.45) is 4.32. The third-order valence-corrected chi connectivity index (χ3v) is 13.6. The molecule has 298 valence electrons. The lowest BCUT2D eigenvalue weighted by Gasteiger charge is -2.58. The van der Waals surface area contributed by atoms with Gasteiger partial charge in [-0.15, -0.1) is 0 Å². The maximum Gasteiger partial charge on any atom is 0.303 e. The average Bonchev–Trinajstić information content (AvgIpc) is 3.85. The molecule has 8 rings (SSSR count).